The van der Waals surface area contributed by atoms with E-state index in [1.807, 2.05) is 6.92 Å². The Morgan fingerprint density at radius 3 is 3.13 bits per heavy atom. The molecule has 0 radical (unpaired) electrons. The molecule has 1 heterocycles. The summed E-state index contributed by atoms with van der Waals surface area (Å²) < 4.78 is 15.5. The molecule has 0 saturated carbocycles. The molecule has 1 aromatic carbocycles. The first-order chi connectivity index (χ1) is 7.31. The van der Waals surface area contributed by atoms with Gasteiger partial charge in [0.15, 0.2) is 13.4 Å². The van der Waals surface area contributed by atoms with Crippen molar-refractivity contribution in [2.45, 2.75) is 6.92 Å². The van der Waals surface area contributed by atoms with E-state index in [9.17, 15) is 4.79 Å². The Bertz CT molecular complexity index is 373. The summed E-state index contributed by atoms with van der Waals surface area (Å²) in [5.41, 5.74) is 0.624. The van der Waals surface area contributed by atoms with Crippen LogP contribution in [0.1, 0.15) is 17.3 Å². The van der Waals surface area contributed by atoms with Gasteiger partial charge in [-0.25, -0.2) is 0 Å². The number of carbonyl (C=O) groups excluding carboxylic acids is 1. The second-order valence-corrected chi connectivity index (χ2v) is 3.12. The van der Waals surface area contributed by atoms with Gasteiger partial charge in [-0.3, -0.25) is 4.79 Å². The molecule has 1 aliphatic rings. The minimum absolute atomic E-state index is 0.0151. The highest BCUT2D eigenvalue weighted by molar-refractivity contribution is 6.02. The lowest BCUT2D eigenvalue weighted by molar-refractivity contribution is 0.0223. The standard InChI is InChI=1S/C11H12O4/c1-2-13-7-15-8-3-4-9-10(12)6-14-11(9)5-8/h3-5H,2,6-7H2,1H3. The fourth-order valence-electron chi connectivity index (χ4n) is 1.36. The number of hydrogen-bond donors (Lipinski definition) is 0. The molecule has 4 nitrogen and oxygen atoms in total. The van der Waals surface area contributed by atoms with Crippen molar-refractivity contribution in [3.8, 4) is 11.5 Å². The third-order valence-corrected chi connectivity index (χ3v) is 2.13. The van der Waals surface area contributed by atoms with E-state index in [1.54, 1.807) is 18.2 Å². The van der Waals surface area contributed by atoms with E-state index in [1.165, 1.54) is 0 Å². The Morgan fingerprint density at radius 1 is 1.47 bits per heavy atom. The summed E-state index contributed by atoms with van der Waals surface area (Å²) in [5, 5.41) is 0. The van der Waals surface area contributed by atoms with Crippen LogP contribution >= 0.6 is 0 Å². The molecular weight excluding hydrogens is 196 g/mol. The molecule has 0 spiro atoms. The molecule has 0 N–H and O–H groups in total. The third kappa shape index (κ3) is 2.10. The van der Waals surface area contributed by atoms with E-state index in [-0.39, 0.29) is 19.2 Å². The van der Waals surface area contributed by atoms with Crippen molar-refractivity contribution in [3.63, 3.8) is 0 Å². The maximum atomic E-state index is 11.2. The first-order valence-corrected chi connectivity index (χ1v) is 4.82. The van der Waals surface area contributed by atoms with Crippen LogP contribution in [0.25, 0.3) is 0 Å². The van der Waals surface area contributed by atoms with Crippen LogP contribution in [0.2, 0.25) is 0 Å². The smallest absolute Gasteiger partial charge is 0.203 e. The van der Waals surface area contributed by atoms with Crippen molar-refractivity contribution in [1.29, 1.82) is 0 Å². The Morgan fingerprint density at radius 2 is 2.33 bits per heavy atom. The van der Waals surface area contributed by atoms with Crippen molar-refractivity contribution >= 4 is 5.78 Å². The average molecular weight is 208 g/mol. The Labute approximate surface area is 87.8 Å². The Kier molecular flexibility index (Phi) is 2.87. The number of carbonyl (C=O) groups is 1. The number of Topliss-reactive ketones (excluding diaryl/α,β-unsaturated/α-hetero) is 1. The summed E-state index contributed by atoms with van der Waals surface area (Å²) in [5.74, 6) is 1.26. The Balaban J connectivity index is 2.06. The SMILES string of the molecule is CCOCOc1ccc2c(c1)OCC2=O. The van der Waals surface area contributed by atoms with Crippen molar-refractivity contribution in [1.82, 2.24) is 0 Å². The highest BCUT2D eigenvalue weighted by Crippen LogP contribution is 2.29. The zero-order valence-electron chi connectivity index (χ0n) is 8.49. The molecule has 0 atom stereocenters. The molecule has 0 saturated heterocycles. The lowest BCUT2D eigenvalue weighted by atomic mass is 10.1. The summed E-state index contributed by atoms with van der Waals surface area (Å²) in [7, 11) is 0. The predicted molar refractivity (Wildman–Crippen MR) is 53.4 cm³/mol. The largest absolute Gasteiger partial charge is 0.485 e. The first kappa shape index (κ1) is 9.98. The highest BCUT2D eigenvalue weighted by atomic mass is 16.7. The quantitative estimate of drug-likeness (QED) is 0.557. The van der Waals surface area contributed by atoms with E-state index in [0.29, 0.717) is 23.7 Å². The topological polar surface area (TPSA) is 44.8 Å². The van der Waals surface area contributed by atoms with Gasteiger partial charge >= 0.3 is 0 Å². The third-order valence-electron chi connectivity index (χ3n) is 2.13. The van der Waals surface area contributed by atoms with Gasteiger partial charge in [-0.15, -0.1) is 0 Å². The minimum Gasteiger partial charge on any atom is -0.485 e. The van der Waals surface area contributed by atoms with Gasteiger partial charge in [0.05, 0.1) is 5.56 Å². The number of fused-ring (bicyclic) bond motifs is 1. The lowest BCUT2D eigenvalue weighted by Crippen LogP contribution is -2.02. The molecule has 0 fully saturated rings. The van der Waals surface area contributed by atoms with Crippen LogP contribution < -0.4 is 9.47 Å². The maximum absolute atomic E-state index is 11.2. The molecule has 1 aromatic rings. The minimum atomic E-state index is 0.0151. The van der Waals surface area contributed by atoms with Crippen molar-refractivity contribution in [2.75, 3.05) is 20.0 Å². The molecular formula is C11H12O4. The van der Waals surface area contributed by atoms with Crippen LogP contribution in [0.5, 0.6) is 11.5 Å². The summed E-state index contributed by atoms with van der Waals surface area (Å²) in [6.07, 6.45) is 0. The number of ether oxygens (including phenoxy) is 3. The average Bonchev–Trinajstić information content (AvgIpc) is 2.61. The normalized spacial score (nSPS) is 13.5. The first-order valence-electron chi connectivity index (χ1n) is 4.82. The predicted octanol–water partition coefficient (Wildman–Crippen LogP) is 1.63. The van der Waals surface area contributed by atoms with Gasteiger partial charge in [0, 0.05) is 12.7 Å². The van der Waals surface area contributed by atoms with E-state index >= 15 is 0 Å². The van der Waals surface area contributed by atoms with Gasteiger partial charge < -0.3 is 14.2 Å². The molecule has 4 heteroatoms. The number of hydrogen-bond acceptors (Lipinski definition) is 4. The van der Waals surface area contributed by atoms with Crippen LogP contribution in [0, 0.1) is 0 Å². The van der Waals surface area contributed by atoms with Crippen LogP contribution in [0.15, 0.2) is 18.2 Å². The van der Waals surface area contributed by atoms with Gasteiger partial charge in [0.2, 0.25) is 5.78 Å². The molecule has 0 aromatic heterocycles. The maximum Gasteiger partial charge on any atom is 0.203 e. The van der Waals surface area contributed by atoms with Crippen LogP contribution in [0.4, 0.5) is 0 Å². The molecule has 15 heavy (non-hydrogen) atoms. The molecule has 0 unspecified atom stereocenters. The van der Waals surface area contributed by atoms with Crippen LogP contribution in [0.3, 0.4) is 0 Å². The van der Waals surface area contributed by atoms with Gasteiger partial charge in [-0.05, 0) is 19.1 Å². The molecule has 2 rings (SSSR count). The molecule has 1 aliphatic heterocycles. The fraction of sp³-hybridized carbons (Fsp3) is 0.364. The zero-order valence-corrected chi connectivity index (χ0v) is 8.49. The summed E-state index contributed by atoms with van der Waals surface area (Å²) in [4.78, 5) is 11.2. The van der Waals surface area contributed by atoms with E-state index < -0.39 is 0 Å². The lowest BCUT2D eigenvalue weighted by Gasteiger charge is -2.06. The summed E-state index contributed by atoms with van der Waals surface area (Å²) in [6, 6.07) is 5.16. The zero-order chi connectivity index (χ0) is 10.7. The number of rotatable bonds is 4. The number of ketones is 1. The molecule has 0 amide bonds. The van der Waals surface area contributed by atoms with Gasteiger partial charge in [0.25, 0.3) is 0 Å². The monoisotopic (exact) mass is 208 g/mol. The summed E-state index contributed by atoms with van der Waals surface area (Å²) >= 11 is 0. The van der Waals surface area contributed by atoms with E-state index in [4.69, 9.17) is 14.2 Å². The molecule has 80 valence electrons. The van der Waals surface area contributed by atoms with E-state index in [2.05, 4.69) is 0 Å². The number of benzene rings is 1. The van der Waals surface area contributed by atoms with Crippen molar-refractivity contribution in [3.05, 3.63) is 23.8 Å². The fourth-order valence-corrected chi connectivity index (χ4v) is 1.36. The summed E-state index contributed by atoms with van der Waals surface area (Å²) in [6.45, 7) is 2.85. The van der Waals surface area contributed by atoms with Crippen molar-refractivity contribution in [2.24, 2.45) is 0 Å². The van der Waals surface area contributed by atoms with Gasteiger partial charge in [-0.1, -0.05) is 0 Å². The second-order valence-electron chi connectivity index (χ2n) is 3.12. The van der Waals surface area contributed by atoms with Gasteiger partial charge in [-0.2, -0.15) is 0 Å². The van der Waals surface area contributed by atoms with Crippen LogP contribution in [-0.2, 0) is 4.74 Å². The molecule has 0 aliphatic carbocycles. The highest BCUT2D eigenvalue weighted by Gasteiger charge is 2.21. The molecule has 0 bridgehead atoms. The van der Waals surface area contributed by atoms with Gasteiger partial charge in [0.1, 0.15) is 11.5 Å². The van der Waals surface area contributed by atoms with Crippen LogP contribution in [-0.4, -0.2) is 25.8 Å². The van der Waals surface area contributed by atoms with Crippen molar-refractivity contribution < 1.29 is 19.0 Å². The second kappa shape index (κ2) is 4.31. The Hall–Kier alpha value is -1.55. The van der Waals surface area contributed by atoms with E-state index in [0.717, 1.165) is 0 Å².